The van der Waals surface area contributed by atoms with Gasteiger partial charge in [-0.25, -0.2) is 8.42 Å². The molecule has 0 saturated carbocycles. The number of nitrogens with zero attached hydrogens (tertiary/aromatic N) is 3. The van der Waals surface area contributed by atoms with Gasteiger partial charge >= 0.3 is 0 Å². The first-order chi connectivity index (χ1) is 11.8. The Morgan fingerprint density at radius 3 is 2.76 bits per heavy atom. The molecule has 1 aromatic rings. The molecule has 3 rings (SSSR count). The summed E-state index contributed by atoms with van der Waals surface area (Å²) in [4.78, 5) is 20.0. The fourth-order valence-corrected chi connectivity index (χ4v) is 5.94. The van der Waals surface area contributed by atoms with Gasteiger partial charge in [0.2, 0.25) is 5.91 Å². The fraction of sp³-hybridized carbons (Fsp3) is 0.500. The van der Waals surface area contributed by atoms with Crippen LogP contribution in [0.1, 0.15) is 0 Å². The average molecular weight is 383 g/mol. The maximum atomic E-state index is 12.0. The molecular formula is C16H21N3O4S2. The van der Waals surface area contributed by atoms with E-state index in [0.717, 1.165) is 5.69 Å². The van der Waals surface area contributed by atoms with E-state index >= 15 is 0 Å². The van der Waals surface area contributed by atoms with Crippen molar-refractivity contribution in [1.29, 1.82) is 0 Å². The van der Waals surface area contributed by atoms with Crippen LogP contribution in [0.2, 0.25) is 0 Å². The molecule has 136 valence electrons. The Labute approximate surface area is 152 Å². The van der Waals surface area contributed by atoms with Crippen LogP contribution in [0, 0.1) is 0 Å². The van der Waals surface area contributed by atoms with E-state index in [4.69, 9.17) is 4.74 Å². The summed E-state index contributed by atoms with van der Waals surface area (Å²) in [6.45, 7) is 0. The Morgan fingerprint density at radius 1 is 1.36 bits per heavy atom. The molecule has 1 aromatic carbocycles. The van der Waals surface area contributed by atoms with Crippen molar-refractivity contribution in [3.05, 3.63) is 24.3 Å². The van der Waals surface area contributed by atoms with Crippen molar-refractivity contribution in [2.75, 3.05) is 43.4 Å². The van der Waals surface area contributed by atoms with Crippen LogP contribution in [0.5, 0.6) is 5.75 Å². The monoisotopic (exact) mass is 383 g/mol. The van der Waals surface area contributed by atoms with Gasteiger partial charge in [0.15, 0.2) is 15.0 Å². The first-order valence-electron chi connectivity index (χ1n) is 7.86. The Hall–Kier alpha value is -1.74. The van der Waals surface area contributed by atoms with E-state index in [1.54, 1.807) is 21.2 Å². The molecule has 9 heteroatoms. The smallest absolute Gasteiger partial charge is 0.232 e. The van der Waals surface area contributed by atoms with Crippen molar-refractivity contribution in [3.8, 4) is 5.75 Å². The lowest BCUT2D eigenvalue weighted by Crippen LogP contribution is -2.39. The Kier molecular flexibility index (Phi) is 4.97. The summed E-state index contributed by atoms with van der Waals surface area (Å²) in [6, 6.07) is 6.91. The molecule has 0 radical (unpaired) electrons. The van der Waals surface area contributed by atoms with E-state index in [-0.39, 0.29) is 35.2 Å². The van der Waals surface area contributed by atoms with Crippen LogP contribution in [0.3, 0.4) is 0 Å². The van der Waals surface area contributed by atoms with Crippen LogP contribution >= 0.6 is 11.8 Å². The number of hydrogen-bond acceptors (Lipinski definition) is 7. The van der Waals surface area contributed by atoms with Crippen molar-refractivity contribution in [2.24, 2.45) is 4.99 Å². The molecule has 25 heavy (non-hydrogen) atoms. The highest BCUT2D eigenvalue weighted by Crippen LogP contribution is 2.39. The van der Waals surface area contributed by atoms with Gasteiger partial charge in [0.25, 0.3) is 0 Å². The van der Waals surface area contributed by atoms with Gasteiger partial charge in [-0.2, -0.15) is 0 Å². The number of amidine groups is 1. The third-order valence-electron chi connectivity index (χ3n) is 4.28. The molecular weight excluding hydrogens is 362 g/mol. The van der Waals surface area contributed by atoms with Crippen LogP contribution < -0.4 is 9.64 Å². The van der Waals surface area contributed by atoms with Crippen LogP contribution in [-0.4, -0.2) is 74.9 Å². The normalized spacial score (nSPS) is 24.0. The molecule has 2 aliphatic heterocycles. The topological polar surface area (TPSA) is 79.3 Å². The van der Waals surface area contributed by atoms with Gasteiger partial charge in [0, 0.05) is 14.1 Å². The quantitative estimate of drug-likeness (QED) is 0.767. The minimum Gasteiger partial charge on any atom is -0.495 e. The maximum Gasteiger partial charge on any atom is 0.232 e. The molecule has 2 atom stereocenters. The fourth-order valence-electron chi connectivity index (χ4n) is 3.00. The van der Waals surface area contributed by atoms with Gasteiger partial charge in [0.1, 0.15) is 5.75 Å². The lowest BCUT2D eigenvalue weighted by atomic mass is 10.1. The number of rotatable bonds is 4. The highest BCUT2D eigenvalue weighted by Gasteiger charge is 2.47. The van der Waals surface area contributed by atoms with Crippen molar-refractivity contribution >= 4 is 38.4 Å². The second-order valence-corrected chi connectivity index (χ2v) is 9.34. The van der Waals surface area contributed by atoms with E-state index in [0.29, 0.717) is 10.9 Å². The molecule has 0 spiro atoms. The predicted molar refractivity (Wildman–Crippen MR) is 100 cm³/mol. The van der Waals surface area contributed by atoms with Crippen molar-refractivity contribution in [2.45, 2.75) is 12.1 Å². The summed E-state index contributed by atoms with van der Waals surface area (Å²) in [6.07, 6.45) is 0. The van der Waals surface area contributed by atoms with Crippen molar-refractivity contribution in [1.82, 2.24) is 4.90 Å². The largest absolute Gasteiger partial charge is 0.495 e. The molecule has 1 fully saturated rings. The number of fused-ring (bicyclic) bond motifs is 1. The number of sulfone groups is 1. The van der Waals surface area contributed by atoms with Crippen LogP contribution in [0.25, 0.3) is 0 Å². The van der Waals surface area contributed by atoms with E-state index in [2.05, 4.69) is 4.99 Å². The zero-order valence-electron chi connectivity index (χ0n) is 14.4. The zero-order chi connectivity index (χ0) is 18.2. The van der Waals surface area contributed by atoms with Gasteiger partial charge in [0.05, 0.1) is 42.1 Å². The van der Waals surface area contributed by atoms with Gasteiger partial charge < -0.3 is 14.5 Å². The lowest BCUT2D eigenvalue weighted by Gasteiger charge is -2.28. The number of benzene rings is 1. The summed E-state index contributed by atoms with van der Waals surface area (Å²) in [7, 11) is 1.89. The molecule has 0 N–H and O–H groups in total. The molecule has 0 bridgehead atoms. The molecule has 1 amide bonds. The summed E-state index contributed by atoms with van der Waals surface area (Å²) >= 11 is 1.33. The first-order valence-corrected chi connectivity index (χ1v) is 10.7. The number of methoxy groups -OCH3 is 1. The Morgan fingerprint density at radius 2 is 2.08 bits per heavy atom. The van der Waals surface area contributed by atoms with Crippen LogP contribution in [0.15, 0.2) is 29.3 Å². The molecule has 2 aliphatic rings. The second-order valence-electron chi connectivity index (χ2n) is 6.24. The van der Waals surface area contributed by atoms with Gasteiger partial charge in [-0.05, 0) is 12.1 Å². The molecule has 0 unspecified atom stereocenters. The molecule has 2 heterocycles. The molecule has 0 aliphatic carbocycles. The van der Waals surface area contributed by atoms with Crippen molar-refractivity contribution in [3.63, 3.8) is 0 Å². The van der Waals surface area contributed by atoms with Gasteiger partial charge in [-0.1, -0.05) is 23.9 Å². The molecule has 0 aromatic heterocycles. The number of aliphatic imine (C=N–C) groups is 1. The van der Waals surface area contributed by atoms with Gasteiger partial charge in [-0.15, -0.1) is 0 Å². The standard InChI is InChI=1S/C16H21N3O4S2/c1-18(2)15(20)8-24-16-17-11-9-25(21,22)10-13(11)19(16)12-6-4-5-7-14(12)23-3/h4-7,11,13H,8-10H2,1-3H3/t11-,13+/m0/s1. The van der Waals surface area contributed by atoms with Gasteiger partial charge in [-0.3, -0.25) is 9.79 Å². The van der Waals surface area contributed by atoms with E-state index < -0.39 is 9.84 Å². The maximum absolute atomic E-state index is 12.0. The number of carbonyl (C=O) groups excluding carboxylic acids is 1. The third kappa shape index (κ3) is 3.62. The average Bonchev–Trinajstić information content (AvgIpc) is 3.03. The summed E-state index contributed by atoms with van der Waals surface area (Å²) in [5, 5.41) is 0.671. The predicted octanol–water partition coefficient (Wildman–Crippen LogP) is 0.858. The van der Waals surface area contributed by atoms with Crippen LogP contribution in [-0.2, 0) is 14.6 Å². The zero-order valence-corrected chi connectivity index (χ0v) is 16.0. The van der Waals surface area contributed by atoms with E-state index in [1.807, 2.05) is 29.2 Å². The number of para-hydroxylation sites is 2. The molecule has 1 saturated heterocycles. The number of hydrogen-bond donors (Lipinski definition) is 0. The highest BCUT2D eigenvalue weighted by molar-refractivity contribution is 8.14. The van der Waals surface area contributed by atoms with Crippen molar-refractivity contribution < 1.29 is 17.9 Å². The Bertz CT molecular complexity index is 807. The third-order valence-corrected chi connectivity index (χ3v) is 6.93. The molecule has 7 nitrogen and oxygen atoms in total. The van der Waals surface area contributed by atoms with E-state index in [1.165, 1.54) is 16.7 Å². The van der Waals surface area contributed by atoms with Crippen LogP contribution in [0.4, 0.5) is 5.69 Å². The highest BCUT2D eigenvalue weighted by atomic mass is 32.2. The second kappa shape index (κ2) is 6.87. The number of thioether (sulfide) groups is 1. The summed E-state index contributed by atoms with van der Waals surface area (Å²) in [5.74, 6) is 1.00. The Balaban J connectivity index is 1.93. The lowest BCUT2D eigenvalue weighted by molar-refractivity contribution is -0.125. The summed E-state index contributed by atoms with van der Waals surface area (Å²) < 4.78 is 29.5. The number of anilines is 1. The first kappa shape index (κ1) is 18.1. The summed E-state index contributed by atoms with van der Waals surface area (Å²) in [5.41, 5.74) is 0.776. The number of ether oxygens (including phenoxy) is 1. The SMILES string of the molecule is COc1ccccc1N1C(SCC(=O)N(C)C)=N[C@H]2CS(=O)(=O)C[C@H]21. The van der Waals surface area contributed by atoms with E-state index in [9.17, 15) is 13.2 Å². The minimum absolute atomic E-state index is 0.0163. The number of carbonyl (C=O) groups is 1. The minimum atomic E-state index is -3.11. The number of amides is 1.